The number of nitrogens with zero attached hydrogens (tertiary/aromatic N) is 1. The Morgan fingerprint density at radius 2 is 2.13 bits per heavy atom. The summed E-state index contributed by atoms with van der Waals surface area (Å²) in [6, 6.07) is 0.816. The molecule has 1 saturated heterocycles. The predicted octanol–water partition coefficient (Wildman–Crippen LogP) is 1.37. The topological polar surface area (TPSA) is 38.5 Å². The summed E-state index contributed by atoms with van der Waals surface area (Å²) in [5.74, 6) is 0. The van der Waals surface area contributed by atoms with Crippen molar-refractivity contribution in [1.82, 2.24) is 4.90 Å². The van der Waals surface area contributed by atoms with Gasteiger partial charge < -0.3 is 10.5 Å². The molecule has 3 nitrogen and oxygen atoms in total. The largest absolute Gasteiger partial charge is 0.381 e. The Kier molecular flexibility index (Phi) is 3.65. The Morgan fingerprint density at radius 3 is 2.73 bits per heavy atom. The van der Waals surface area contributed by atoms with Crippen LogP contribution in [0.1, 0.15) is 39.0 Å². The van der Waals surface area contributed by atoms with Crippen LogP contribution in [0.4, 0.5) is 0 Å². The lowest BCUT2D eigenvalue weighted by molar-refractivity contribution is 0.0645. The van der Waals surface area contributed by atoms with Gasteiger partial charge in [0, 0.05) is 31.3 Å². The Balaban J connectivity index is 2.08. The van der Waals surface area contributed by atoms with Gasteiger partial charge >= 0.3 is 0 Å². The molecule has 1 unspecified atom stereocenters. The second kappa shape index (κ2) is 4.81. The third kappa shape index (κ3) is 2.35. The molecule has 0 aromatic heterocycles. The van der Waals surface area contributed by atoms with Crippen molar-refractivity contribution in [2.45, 2.75) is 50.6 Å². The minimum atomic E-state index is 0.242. The summed E-state index contributed by atoms with van der Waals surface area (Å²) in [5, 5.41) is 0. The van der Waals surface area contributed by atoms with Crippen molar-refractivity contribution in [3.05, 3.63) is 0 Å². The van der Waals surface area contributed by atoms with Crippen molar-refractivity contribution in [3.8, 4) is 0 Å². The number of nitrogens with two attached hydrogens (primary N) is 1. The fourth-order valence-electron chi connectivity index (χ4n) is 2.97. The molecule has 0 bridgehead atoms. The molecule has 2 N–H and O–H groups in total. The van der Waals surface area contributed by atoms with Crippen LogP contribution in [0.15, 0.2) is 0 Å². The zero-order valence-corrected chi connectivity index (χ0v) is 9.87. The maximum Gasteiger partial charge on any atom is 0.0484 e. The highest BCUT2D eigenvalue weighted by Crippen LogP contribution is 2.37. The first-order chi connectivity index (χ1) is 7.32. The number of ether oxygens (including phenoxy) is 1. The summed E-state index contributed by atoms with van der Waals surface area (Å²) in [6.07, 6.45) is 6.25. The van der Waals surface area contributed by atoms with Crippen LogP contribution in [0, 0.1) is 0 Å². The zero-order chi connectivity index (χ0) is 10.7. The molecule has 0 amide bonds. The molecule has 2 aliphatic rings. The standard InChI is InChI=1S/C12H24N2O/c1-2-14(11-4-5-11)12(10-13)6-3-8-15-9-7-12/h11H,2-10,13H2,1H3. The van der Waals surface area contributed by atoms with E-state index in [9.17, 15) is 0 Å². The summed E-state index contributed by atoms with van der Waals surface area (Å²) in [4.78, 5) is 2.65. The molecule has 3 heteroatoms. The SMILES string of the molecule is CCN(C1CC1)C1(CN)CCCOCC1. The zero-order valence-electron chi connectivity index (χ0n) is 9.87. The quantitative estimate of drug-likeness (QED) is 0.765. The van der Waals surface area contributed by atoms with E-state index in [1.54, 1.807) is 0 Å². The van der Waals surface area contributed by atoms with Gasteiger partial charge in [-0.3, -0.25) is 4.90 Å². The lowest BCUT2D eigenvalue weighted by atomic mass is 9.88. The maximum absolute atomic E-state index is 6.05. The minimum absolute atomic E-state index is 0.242. The van der Waals surface area contributed by atoms with E-state index in [0.717, 1.165) is 38.8 Å². The summed E-state index contributed by atoms with van der Waals surface area (Å²) in [5.41, 5.74) is 6.29. The normalized spacial score (nSPS) is 33.0. The van der Waals surface area contributed by atoms with Gasteiger partial charge in [-0.2, -0.15) is 0 Å². The first-order valence-electron chi connectivity index (χ1n) is 6.37. The van der Waals surface area contributed by atoms with Gasteiger partial charge in [0.05, 0.1) is 0 Å². The van der Waals surface area contributed by atoms with Crippen LogP contribution in [-0.2, 0) is 4.74 Å². The average Bonchev–Trinajstić information content (AvgIpc) is 3.06. The van der Waals surface area contributed by atoms with Crippen molar-refractivity contribution >= 4 is 0 Å². The molecule has 1 aliphatic carbocycles. The van der Waals surface area contributed by atoms with Crippen molar-refractivity contribution in [3.63, 3.8) is 0 Å². The molecular weight excluding hydrogens is 188 g/mol. The molecule has 0 aromatic rings. The van der Waals surface area contributed by atoms with Crippen molar-refractivity contribution in [2.24, 2.45) is 5.73 Å². The molecule has 2 rings (SSSR count). The van der Waals surface area contributed by atoms with E-state index < -0.39 is 0 Å². The Bertz CT molecular complexity index is 196. The van der Waals surface area contributed by atoms with E-state index in [1.807, 2.05) is 0 Å². The Labute approximate surface area is 93.0 Å². The van der Waals surface area contributed by atoms with Crippen LogP contribution in [-0.4, -0.2) is 42.8 Å². The number of rotatable bonds is 4. The van der Waals surface area contributed by atoms with Gasteiger partial charge in [0.25, 0.3) is 0 Å². The van der Waals surface area contributed by atoms with E-state index in [4.69, 9.17) is 10.5 Å². The third-order valence-electron chi connectivity index (χ3n) is 3.96. The van der Waals surface area contributed by atoms with Crippen molar-refractivity contribution < 1.29 is 4.74 Å². The Morgan fingerprint density at radius 1 is 1.33 bits per heavy atom. The molecule has 1 saturated carbocycles. The van der Waals surface area contributed by atoms with Crippen LogP contribution in [0.5, 0.6) is 0 Å². The molecule has 0 aromatic carbocycles. The van der Waals surface area contributed by atoms with E-state index in [0.29, 0.717) is 0 Å². The van der Waals surface area contributed by atoms with Gasteiger partial charge in [0.1, 0.15) is 0 Å². The first kappa shape index (κ1) is 11.4. The lowest BCUT2D eigenvalue weighted by Gasteiger charge is -2.42. The van der Waals surface area contributed by atoms with E-state index in [2.05, 4.69) is 11.8 Å². The van der Waals surface area contributed by atoms with E-state index >= 15 is 0 Å². The van der Waals surface area contributed by atoms with Gasteiger partial charge in [0.15, 0.2) is 0 Å². The molecule has 15 heavy (non-hydrogen) atoms. The van der Waals surface area contributed by atoms with Crippen molar-refractivity contribution in [2.75, 3.05) is 26.3 Å². The monoisotopic (exact) mass is 212 g/mol. The van der Waals surface area contributed by atoms with Gasteiger partial charge in [0.2, 0.25) is 0 Å². The molecular formula is C12H24N2O. The molecule has 1 aliphatic heterocycles. The molecule has 1 heterocycles. The van der Waals surface area contributed by atoms with Crippen LogP contribution < -0.4 is 5.73 Å². The summed E-state index contributed by atoms with van der Waals surface area (Å²) >= 11 is 0. The maximum atomic E-state index is 6.05. The fourth-order valence-corrected chi connectivity index (χ4v) is 2.97. The second-order valence-electron chi connectivity index (χ2n) is 4.91. The average molecular weight is 212 g/mol. The first-order valence-corrected chi connectivity index (χ1v) is 6.37. The number of likely N-dealkylation sites (N-methyl/N-ethyl adjacent to an activating group) is 1. The van der Waals surface area contributed by atoms with Crippen LogP contribution in [0.3, 0.4) is 0 Å². The van der Waals surface area contributed by atoms with Crippen molar-refractivity contribution in [1.29, 1.82) is 0 Å². The van der Waals surface area contributed by atoms with Crippen LogP contribution >= 0.6 is 0 Å². The smallest absolute Gasteiger partial charge is 0.0484 e. The highest BCUT2D eigenvalue weighted by molar-refractivity contribution is 4.99. The summed E-state index contributed by atoms with van der Waals surface area (Å²) < 4.78 is 5.56. The van der Waals surface area contributed by atoms with Gasteiger partial charge in [-0.15, -0.1) is 0 Å². The van der Waals surface area contributed by atoms with E-state index in [-0.39, 0.29) is 5.54 Å². The van der Waals surface area contributed by atoms with Crippen LogP contribution in [0.2, 0.25) is 0 Å². The van der Waals surface area contributed by atoms with E-state index in [1.165, 1.54) is 25.7 Å². The minimum Gasteiger partial charge on any atom is -0.381 e. The molecule has 0 radical (unpaired) electrons. The number of hydrogen-bond donors (Lipinski definition) is 1. The molecule has 88 valence electrons. The summed E-state index contributed by atoms with van der Waals surface area (Å²) in [6.45, 7) is 6.01. The lowest BCUT2D eigenvalue weighted by Crippen LogP contribution is -2.55. The van der Waals surface area contributed by atoms with Crippen LogP contribution in [0.25, 0.3) is 0 Å². The molecule has 0 spiro atoms. The highest BCUT2D eigenvalue weighted by Gasteiger charge is 2.42. The Hall–Kier alpha value is -0.120. The highest BCUT2D eigenvalue weighted by atomic mass is 16.5. The molecule has 2 fully saturated rings. The summed E-state index contributed by atoms with van der Waals surface area (Å²) in [7, 11) is 0. The number of hydrogen-bond acceptors (Lipinski definition) is 3. The predicted molar refractivity (Wildman–Crippen MR) is 61.9 cm³/mol. The van der Waals surface area contributed by atoms with Gasteiger partial charge in [-0.05, 0) is 38.6 Å². The molecule has 1 atom stereocenters. The van der Waals surface area contributed by atoms with Gasteiger partial charge in [-0.25, -0.2) is 0 Å². The fraction of sp³-hybridized carbons (Fsp3) is 1.00. The third-order valence-corrected chi connectivity index (χ3v) is 3.96. The van der Waals surface area contributed by atoms with Gasteiger partial charge in [-0.1, -0.05) is 6.92 Å². The second-order valence-corrected chi connectivity index (χ2v) is 4.91.